The van der Waals surface area contributed by atoms with E-state index < -0.39 is 0 Å². The van der Waals surface area contributed by atoms with Crippen LogP contribution in [0.2, 0.25) is 0 Å². The molecular weight excluding hydrogens is 351 g/mol. The van der Waals surface area contributed by atoms with Gasteiger partial charge >= 0.3 is 0 Å². The van der Waals surface area contributed by atoms with E-state index in [0.29, 0.717) is 10.8 Å². The molecular formula is C19H19FN4OS. The number of halogens is 1. The van der Waals surface area contributed by atoms with Gasteiger partial charge in [0.25, 0.3) is 0 Å². The molecule has 0 unspecified atom stereocenters. The van der Waals surface area contributed by atoms with Crippen LogP contribution in [0.15, 0.2) is 53.7 Å². The van der Waals surface area contributed by atoms with Crippen LogP contribution in [0.25, 0.3) is 5.69 Å². The maximum absolute atomic E-state index is 12.9. The van der Waals surface area contributed by atoms with Gasteiger partial charge in [-0.25, -0.2) is 4.39 Å². The average Bonchev–Trinajstić information content (AvgIpc) is 3.02. The predicted octanol–water partition coefficient (Wildman–Crippen LogP) is 4.01. The van der Waals surface area contributed by atoms with Gasteiger partial charge in [0.15, 0.2) is 5.16 Å². The molecule has 0 bridgehead atoms. The van der Waals surface area contributed by atoms with E-state index in [1.54, 1.807) is 0 Å². The Morgan fingerprint density at radius 3 is 2.46 bits per heavy atom. The third-order valence-electron chi connectivity index (χ3n) is 3.86. The number of carbonyl (C=O) groups excluding carboxylic acids is 1. The summed E-state index contributed by atoms with van der Waals surface area (Å²) >= 11 is 1.31. The van der Waals surface area contributed by atoms with Crippen molar-refractivity contribution in [1.29, 1.82) is 0 Å². The molecule has 1 N–H and O–H groups in total. The summed E-state index contributed by atoms with van der Waals surface area (Å²) < 4.78 is 14.8. The van der Waals surface area contributed by atoms with E-state index in [1.165, 1.54) is 41.6 Å². The zero-order chi connectivity index (χ0) is 18.5. The molecule has 0 aliphatic heterocycles. The highest BCUT2D eigenvalue weighted by molar-refractivity contribution is 7.99. The number of anilines is 1. The van der Waals surface area contributed by atoms with E-state index in [1.807, 2.05) is 23.6 Å². The van der Waals surface area contributed by atoms with Crippen molar-refractivity contribution in [2.75, 3.05) is 11.1 Å². The van der Waals surface area contributed by atoms with Crippen molar-refractivity contribution >= 4 is 23.4 Å². The molecule has 5 nitrogen and oxygen atoms in total. The summed E-state index contributed by atoms with van der Waals surface area (Å²) in [6.45, 7) is 3.99. The number of nitrogens with one attached hydrogen (secondary N) is 1. The van der Waals surface area contributed by atoms with Gasteiger partial charge in [0, 0.05) is 11.4 Å². The minimum absolute atomic E-state index is 0.183. The third kappa shape index (κ3) is 4.29. The Morgan fingerprint density at radius 1 is 1.12 bits per heavy atom. The quantitative estimate of drug-likeness (QED) is 0.666. The highest BCUT2D eigenvalue weighted by atomic mass is 32.2. The van der Waals surface area contributed by atoms with Gasteiger partial charge in [-0.3, -0.25) is 9.36 Å². The van der Waals surface area contributed by atoms with Gasteiger partial charge in [0.05, 0.1) is 5.75 Å². The van der Waals surface area contributed by atoms with E-state index in [2.05, 4.69) is 34.6 Å². The molecule has 0 saturated carbocycles. The Bertz CT molecular complexity index is 891. The second-order valence-corrected chi connectivity index (χ2v) is 6.67. The second kappa shape index (κ2) is 8.14. The number of hydrogen-bond donors (Lipinski definition) is 1. The molecule has 0 aliphatic rings. The Kier molecular flexibility index (Phi) is 5.68. The molecule has 7 heteroatoms. The summed E-state index contributed by atoms with van der Waals surface area (Å²) in [5.74, 6) is 0.420. The first-order valence-electron chi connectivity index (χ1n) is 8.26. The first-order chi connectivity index (χ1) is 12.6. The number of amides is 1. The number of carbonyl (C=O) groups is 1. The summed E-state index contributed by atoms with van der Waals surface area (Å²) in [7, 11) is 0. The van der Waals surface area contributed by atoms with Gasteiger partial charge in [0.2, 0.25) is 5.91 Å². The number of aryl methyl sites for hydroxylation is 2. The molecule has 0 atom stereocenters. The fourth-order valence-electron chi connectivity index (χ4n) is 2.47. The highest BCUT2D eigenvalue weighted by Crippen LogP contribution is 2.22. The molecule has 2 aromatic carbocycles. The molecule has 26 heavy (non-hydrogen) atoms. The topological polar surface area (TPSA) is 59.8 Å². The van der Waals surface area contributed by atoms with Crippen molar-refractivity contribution in [2.24, 2.45) is 0 Å². The number of thioether (sulfide) groups is 1. The molecule has 134 valence electrons. The Balaban J connectivity index is 1.68. The minimum atomic E-state index is -0.338. The van der Waals surface area contributed by atoms with E-state index >= 15 is 0 Å². The standard InChI is InChI=1S/C19H19FN4OS/c1-3-14-4-10-17(11-5-14)24-13(2)22-23-19(24)26-12-18(25)21-16-8-6-15(20)7-9-16/h4-11H,3,12H2,1-2H3,(H,21,25). The van der Waals surface area contributed by atoms with Crippen molar-refractivity contribution in [3.63, 3.8) is 0 Å². The van der Waals surface area contributed by atoms with Crippen LogP contribution < -0.4 is 5.32 Å². The second-order valence-electron chi connectivity index (χ2n) is 5.73. The maximum atomic E-state index is 12.9. The summed E-state index contributed by atoms with van der Waals surface area (Å²) in [4.78, 5) is 12.1. The largest absolute Gasteiger partial charge is 0.325 e. The van der Waals surface area contributed by atoms with Crippen LogP contribution in [0.3, 0.4) is 0 Å². The highest BCUT2D eigenvalue weighted by Gasteiger charge is 2.13. The zero-order valence-electron chi connectivity index (χ0n) is 14.6. The van der Waals surface area contributed by atoms with Crippen molar-refractivity contribution in [2.45, 2.75) is 25.4 Å². The molecule has 1 amide bonds. The number of hydrogen-bond acceptors (Lipinski definition) is 4. The van der Waals surface area contributed by atoms with Crippen LogP contribution in [-0.2, 0) is 11.2 Å². The van der Waals surface area contributed by atoms with E-state index in [9.17, 15) is 9.18 Å². The van der Waals surface area contributed by atoms with Gasteiger partial charge in [-0.2, -0.15) is 0 Å². The van der Waals surface area contributed by atoms with Crippen LogP contribution in [0, 0.1) is 12.7 Å². The molecule has 3 rings (SSSR count). The van der Waals surface area contributed by atoms with E-state index in [4.69, 9.17) is 0 Å². The smallest absolute Gasteiger partial charge is 0.234 e. The number of aromatic nitrogens is 3. The summed E-state index contributed by atoms with van der Waals surface area (Å²) in [5.41, 5.74) is 2.78. The average molecular weight is 370 g/mol. The molecule has 1 heterocycles. The van der Waals surface area contributed by atoms with Crippen molar-refractivity contribution in [1.82, 2.24) is 14.8 Å². The van der Waals surface area contributed by atoms with Gasteiger partial charge in [0.1, 0.15) is 11.6 Å². The molecule has 1 aromatic heterocycles. The lowest BCUT2D eigenvalue weighted by atomic mass is 10.1. The zero-order valence-corrected chi connectivity index (χ0v) is 15.4. The van der Waals surface area contributed by atoms with Crippen molar-refractivity contribution in [3.05, 3.63) is 65.7 Å². The van der Waals surface area contributed by atoms with Crippen LogP contribution >= 0.6 is 11.8 Å². The summed E-state index contributed by atoms with van der Waals surface area (Å²) in [5, 5.41) is 11.7. The lowest BCUT2D eigenvalue weighted by Crippen LogP contribution is -2.14. The third-order valence-corrected chi connectivity index (χ3v) is 4.79. The number of rotatable bonds is 6. The van der Waals surface area contributed by atoms with Gasteiger partial charge < -0.3 is 5.32 Å². The first-order valence-corrected chi connectivity index (χ1v) is 9.25. The monoisotopic (exact) mass is 370 g/mol. The molecule has 3 aromatic rings. The van der Waals surface area contributed by atoms with Crippen molar-refractivity contribution in [3.8, 4) is 5.69 Å². The molecule has 0 fully saturated rings. The Morgan fingerprint density at radius 2 is 1.81 bits per heavy atom. The number of benzene rings is 2. The molecule has 0 radical (unpaired) electrons. The molecule has 0 aliphatic carbocycles. The van der Waals surface area contributed by atoms with Crippen LogP contribution in [0.1, 0.15) is 18.3 Å². The van der Waals surface area contributed by atoms with Gasteiger partial charge in [-0.1, -0.05) is 30.8 Å². The fraction of sp³-hybridized carbons (Fsp3) is 0.211. The number of nitrogens with zero attached hydrogens (tertiary/aromatic N) is 3. The normalized spacial score (nSPS) is 10.7. The molecule has 0 saturated heterocycles. The maximum Gasteiger partial charge on any atom is 0.234 e. The van der Waals surface area contributed by atoms with Crippen LogP contribution in [0.5, 0.6) is 0 Å². The van der Waals surface area contributed by atoms with E-state index in [-0.39, 0.29) is 17.5 Å². The predicted molar refractivity (Wildman–Crippen MR) is 101 cm³/mol. The van der Waals surface area contributed by atoms with Crippen LogP contribution in [-0.4, -0.2) is 26.4 Å². The Labute approximate surface area is 155 Å². The lowest BCUT2D eigenvalue weighted by Gasteiger charge is -2.09. The first kappa shape index (κ1) is 18.1. The van der Waals surface area contributed by atoms with Crippen LogP contribution in [0.4, 0.5) is 10.1 Å². The van der Waals surface area contributed by atoms with E-state index in [0.717, 1.165) is 17.9 Å². The van der Waals surface area contributed by atoms with Gasteiger partial charge in [-0.05, 0) is 55.3 Å². The Hall–Kier alpha value is -2.67. The lowest BCUT2D eigenvalue weighted by molar-refractivity contribution is -0.113. The molecule has 0 spiro atoms. The summed E-state index contributed by atoms with van der Waals surface area (Å²) in [6, 6.07) is 13.9. The minimum Gasteiger partial charge on any atom is -0.325 e. The van der Waals surface area contributed by atoms with Crippen molar-refractivity contribution < 1.29 is 9.18 Å². The fourth-order valence-corrected chi connectivity index (χ4v) is 3.27. The van der Waals surface area contributed by atoms with Gasteiger partial charge in [-0.15, -0.1) is 10.2 Å². The summed E-state index contributed by atoms with van der Waals surface area (Å²) in [6.07, 6.45) is 0.979. The SMILES string of the molecule is CCc1ccc(-n2c(C)nnc2SCC(=O)Nc2ccc(F)cc2)cc1.